The molecule has 4 amide bonds. The number of halogens is 2. The van der Waals surface area contributed by atoms with Crippen LogP contribution in [0, 0.1) is 52.1 Å². The van der Waals surface area contributed by atoms with Gasteiger partial charge in [-0.15, -0.1) is 0 Å². The Balaban J connectivity index is 0.000000104. The highest BCUT2D eigenvalue weighted by atomic mass is 32.2. The Hall–Kier alpha value is -13.9. The average molecular weight is 1720 g/mol. The standard InChI is InChI=1S/C20H14N2O5.C20H15NO3.C18H14F2N2O5S.C12H12N2O3.C12H11NO3.C12H13NO/c23-17-10-14-15(20(17)6-3-7-20)8-11(9-16(14)22(26)27)21-18(24)12-4-1-2-5-13(12)19(21)25;22-17-10-12-6-7-13(11-16(12)20(17)8-3-9-20)21-18(23)14-4-1-2-5-15(14)19(21)24;19-10-2-3-16(14(20)6-10)28(26,27)21-11-7-13-12(15(8-11)22(24)25)9-17(23)18(13)4-1-5-18;13-7-4-9-8(10(5-7)14(16)17)6-11(15)12(9)2-1-3-12;14-11-6-8-2-3-9(13(15)16)7-10(8)12(11)4-1-5-12;13-9-3-2-8-6-11(14)12(4-1-5-12)10(8)7-9/h1-2,4-5,8-9H,3,6-7,10H2;1-2,4-7,11H,3,8-10H2;2-3,6-8,21H,1,4-5,9H2;4-5H,1-3,6,13H2;2-3,7H,1,4-6H2;2-3,7H,1,4-6,13H2. The number of nitro benzene ring substituents is 4. The van der Waals surface area contributed by atoms with Gasteiger partial charge in [-0.05, 0) is 206 Å². The van der Waals surface area contributed by atoms with Crippen LogP contribution in [0.3, 0.4) is 0 Å². The number of non-ortho nitro benzene ring substituents is 1. The Morgan fingerprint density at radius 3 is 1.09 bits per heavy atom. The van der Waals surface area contributed by atoms with E-state index < -0.39 is 74.3 Å². The zero-order chi connectivity index (χ0) is 89.0. The molecule has 126 heavy (non-hydrogen) atoms. The molecule has 640 valence electrons. The summed E-state index contributed by atoms with van der Waals surface area (Å²) in [5.74, 6) is -2.87. The number of ketones is 6. The van der Waals surface area contributed by atoms with Gasteiger partial charge in [-0.1, -0.05) is 81.0 Å². The molecule has 12 aliphatic carbocycles. The minimum atomic E-state index is -4.46. The minimum absolute atomic E-state index is 0.00266. The number of nitrogens with two attached hydrogens (primary N) is 2. The van der Waals surface area contributed by atoms with Crippen molar-refractivity contribution in [3.8, 4) is 0 Å². The molecule has 0 saturated heterocycles. The highest BCUT2D eigenvalue weighted by Gasteiger charge is 2.58. The first-order valence-electron chi connectivity index (χ1n) is 41.7. The fourth-order valence-electron chi connectivity index (χ4n) is 21.4. The van der Waals surface area contributed by atoms with Crippen LogP contribution >= 0.6 is 0 Å². The lowest BCUT2D eigenvalue weighted by Gasteiger charge is -2.37. The molecular weight excluding hydrogens is 1650 g/mol. The van der Waals surface area contributed by atoms with E-state index >= 15 is 0 Å². The first-order valence-corrected chi connectivity index (χ1v) is 43.2. The molecule has 2 aliphatic heterocycles. The number of nitrogens with one attached hydrogen (secondary N) is 1. The number of imide groups is 2. The van der Waals surface area contributed by atoms with Crippen molar-refractivity contribution in [3.05, 3.63) is 299 Å². The zero-order valence-corrected chi connectivity index (χ0v) is 68.5. The van der Waals surface area contributed by atoms with E-state index in [1.54, 1.807) is 78.9 Å². The second-order valence-electron chi connectivity index (χ2n) is 35.1. The van der Waals surface area contributed by atoms with E-state index in [0.29, 0.717) is 107 Å². The molecule has 9 aromatic carbocycles. The fourth-order valence-corrected chi connectivity index (χ4v) is 22.5. The summed E-state index contributed by atoms with van der Waals surface area (Å²) in [7, 11) is -4.46. The molecule has 0 radical (unpaired) electrons. The van der Waals surface area contributed by atoms with Crippen molar-refractivity contribution >= 4 is 120 Å². The van der Waals surface area contributed by atoms with Crippen molar-refractivity contribution in [2.75, 3.05) is 26.0 Å². The van der Waals surface area contributed by atoms with Gasteiger partial charge >= 0.3 is 0 Å². The van der Waals surface area contributed by atoms with Crippen LogP contribution in [0.4, 0.5) is 60.0 Å². The molecule has 6 spiro atoms. The monoisotopic (exact) mass is 1720 g/mol. The van der Waals surface area contributed by atoms with Gasteiger partial charge in [-0.25, -0.2) is 27.0 Å². The number of nitro groups is 4. The van der Waals surface area contributed by atoms with Gasteiger partial charge in [-0.2, -0.15) is 0 Å². The molecule has 0 bridgehead atoms. The number of Topliss-reactive ketones (excluding diaryl/α,β-unsaturated/α-hetero) is 6. The van der Waals surface area contributed by atoms with Crippen molar-refractivity contribution in [1.82, 2.24) is 0 Å². The van der Waals surface area contributed by atoms with Crippen molar-refractivity contribution in [1.29, 1.82) is 0 Å². The van der Waals surface area contributed by atoms with Crippen LogP contribution in [0.25, 0.3) is 0 Å². The number of fused-ring (bicyclic) bond motifs is 14. The average Bonchev–Trinajstić information content (AvgIpc) is 1.56. The fraction of sp³-hybridized carbons (Fsp3) is 0.319. The lowest BCUT2D eigenvalue weighted by molar-refractivity contribution is -0.385. The topological polar surface area (TPSA) is 448 Å². The number of carbonyl (C=O) groups is 10. The van der Waals surface area contributed by atoms with Crippen molar-refractivity contribution < 1.29 is 84.8 Å². The van der Waals surface area contributed by atoms with E-state index in [-0.39, 0.29) is 121 Å². The zero-order valence-electron chi connectivity index (χ0n) is 67.6. The molecule has 6 fully saturated rings. The minimum Gasteiger partial charge on any atom is -0.399 e. The summed E-state index contributed by atoms with van der Waals surface area (Å²) in [6.07, 6.45) is 17.3. The van der Waals surface area contributed by atoms with Gasteiger partial charge in [0.2, 0.25) is 0 Å². The quantitative estimate of drug-likeness (QED) is 0.0523. The molecule has 14 aliphatic rings. The first-order chi connectivity index (χ1) is 60.1. The molecule has 9 aromatic rings. The summed E-state index contributed by atoms with van der Waals surface area (Å²) in [5.41, 5.74) is 21.0. The van der Waals surface area contributed by atoms with Crippen molar-refractivity contribution in [2.45, 2.75) is 191 Å². The molecule has 0 aromatic heterocycles. The summed E-state index contributed by atoms with van der Waals surface area (Å²) in [6.45, 7) is 0. The Morgan fingerprint density at radius 1 is 0.341 bits per heavy atom. The number of benzene rings is 9. The third-order valence-corrected chi connectivity index (χ3v) is 30.4. The van der Waals surface area contributed by atoms with Crippen LogP contribution in [-0.4, -0.2) is 86.4 Å². The number of anilines is 5. The van der Waals surface area contributed by atoms with Crippen molar-refractivity contribution in [2.24, 2.45) is 0 Å². The SMILES string of the molecule is Nc1cc([N+](=O)[O-])c2c(c1)C1(CCC1)C(=O)C2.Nc1ccc2c(c1)C1(CCC1)C(=O)C2.O=C1Cc2c([N+](=O)[O-])cc(NS(=O)(=O)c3ccc(F)cc3F)cc2C12CCC2.O=C1Cc2ccc([N+](=O)[O-])cc2C12CCC2.O=C1c2ccccc2C(=O)N1c1cc([N+](=O)[O-])c2c(c1)C1(CCC1)C(=O)C2.O=C1c2ccccc2C(=O)N1c1ccc2c(c1)C1(CCC1)C(=O)C2. The number of rotatable bonds is 9. The van der Waals surface area contributed by atoms with Crippen molar-refractivity contribution in [3.63, 3.8) is 0 Å². The summed E-state index contributed by atoms with van der Waals surface area (Å²) < 4.78 is 54.1. The molecule has 32 heteroatoms. The maximum Gasteiger partial charge on any atom is 0.275 e. The number of nitrogen functional groups attached to an aromatic ring is 2. The predicted molar refractivity (Wildman–Crippen MR) is 452 cm³/mol. The van der Waals surface area contributed by atoms with Gasteiger partial charge in [0.05, 0.1) is 91.5 Å². The van der Waals surface area contributed by atoms with Crippen LogP contribution < -0.4 is 26.0 Å². The van der Waals surface area contributed by atoms with Crippen LogP contribution in [-0.2, 0) is 110 Å². The van der Waals surface area contributed by atoms with E-state index in [0.717, 1.165) is 140 Å². The molecule has 6 saturated carbocycles. The number of nitrogens with zero attached hydrogens (tertiary/aromatic N) is 6. The largest absolute Gasteiger partial charge is 0.399 e. The van der Waals surface area contributed by atoms with Crippen LogP contribution in [0.15, 0.2) is 163 Å². The predicted octanol–water partition coefficient (Wildman–Crippen LogP) is 14.9. The molecule has 0 atom stereocenters. The summed E-state index contributed by atoms with van der Waals surface area (Å²) in [4.78, 5) is 168. The lowest BCUT2D eigenvalue weighted by atomic mass is 9.64. The first kappa shape index (κ1) is 83.0. The van der Waals surface area contributed by atoms with E-state index in [1.165, 1.54) is 46.7 Å². The van der Waals surface area contributed by atoms with Gasteiger partial charge in [-0.3, -0.25) is 93.1 Å². The van der Waals surface area contributed by atoms with Crippen LogP contribution in [0.5, 0.6) is 0 Å². The number of sulfonamides is 1. The van der Waals surface area contributed by atoms with Crippen LogP contribution in [0.2, 0.25) is 0 Å². The second-order valence-corrected chi connectivity index (χ2v) is 36.7. The number of hydrogen-bond donors (Lipinski definition) is 3. The van der Waals surface area contributed by atoms with E-state index in [2.05, 4.69) is 4.72 Å². The molecule has 5 N–H and O–H groups in total. The Kier molecular flexibility index (Phi) is 19.9. The molecule has 0 unspecified atom stereocenters. The van der Waals surface area contributed by atoms with Crippen LogP contribution in [0.1, 0.15) is 224 Å². The van der Waals surface area contributed by atoms with E-state index in [4.69, 9.17) is 11.5 Å². The highest BCUT2D eigenvalue weighted by molar-refractivity contribution is 7.92. The van der Waals surface area contributed by atoms with Gasteiger partial charge < -0.3 is 11.5 Å². The van der Waals surface area contributed by atoms with E-state index in [9.17, 15) is 106 Å². The molecular formula is C94H79F2N9O20S. The maximum atomic E-state index is 13.9. The lowest BCUT2D eigenvalue weighted by Crippen LogP contribution is -2.39. The summed E-state index contributed by atoms with van der Waals surface area (Å²) in [6, 6.07) is 40.0. The molecule has 2 heterocycles. The van der Waals surface area contributed by atoms with Gasteiger partial charge in [0.15, 0.2) is 0 Å². The third kappa shape index (κ3) is 12.9. The maximum absolute atomic E-state index is 13.9. The van der Waals surface area contributed by atoms with Gasteiger partial charge in [0.25, 0.3) is 56.4 Å². The molecule has 23 rings (SSSR count). The third-order valence-electron chi connectivity index (χ3n) is 29.0. The number of amides is 4. The Morgan fingerprint density at radius 2 is 0.683 bits per heavy atom. The highest BCUT2D eigenvalue weighted by Crippen LogP contribution is 2.59. The Labute approximate surface area is 717 Å². The summed E-state index contributed by atoms with van der Waals surface area (Å²) >= 11 is 0. The Bertz CT molecular complexity index is 6540. The number of hydrogen-bond acceptors (Lipinski definition) is 22. The second kappa shape index (κ2) is 30.2. The van der Waals surface area contributed by atoms with Gasteiger partial charge in [0, 0.05) is 103 Å². The normalized spacial score (nSPS) is 19.6. The number of carbonyl (C=O) groups excluding carboxylic acids is 10. The van der Waals surface area contributed by atoms with Gasteiger partial charge in [0.1, 0.15) is 51.2 Å². The van der Waals surface area contributed by atoms with E-state index in [1.807, 2.05) is 30.3 Å². The summed E-state index contributed by atoms with van der Waals surface area (Å²) in [5, 5.41) is 44.8. The molecule has 29 nitrogen and oxygen atoms in total. The smallest absolute Gasteiger partial charge is 0.275 e.